The van der Waals surface area contributed by atoms with E-state index in [-0.39, 0.29) is 23.9 Å². The third-order valence-corrected chi connectivity index (χ3v) is 4.88. The Morgan fingerprint density at radius 3 is 2.67 bits per heavy atom. The number of amides is 1. The molecule has 1 aliphatic rings. The van der Waals surface area contributed by atoms with Gasteiger partial charge in [0.15, 0.2) is 0 Å². The van der Waals surface area contributed by atoms with E-state index in [0.29, 0.717) is 17.0 Å². The van der Waals surface area contributed by atoms with Crippen molar-refractivity contribution in [3.8, 4) is 5.75 Å². The predicted molar refractivity (Wildman–Crippen MR) is 108 cm³/mol. The quantitative estimate of drug-likeness (QED) is 0.804. The number of fused-ring (bicyclic) bond motifs is 1. The van der Waals surface area contributed by atoms with Crippen LogP contribution in [0.3, 0.4) is 0 Å². The van der Waals surface area contributed by atoms with Crippen molar-refractivity contribution in [1.29, 1.82) is 0 Å². The summed E-state index contributed by atoms with van der Waals surface area (Å²) < 4.78 is 1.36. The molecule has 0 aliphatic heterocycles. The number of carbonyl (C=O) groups is 1. The van der Waals surface area contributed by atoms with Gasteiger partial charge >= 0.3 is 0 Å². The van der Waals surface area contributed by atoms with Crippen molar-refractivity contribution in [2.45, 2.75) is 59.0 Å². The second-order valence-electron chi connectivity index (χ2n) is 6.73. The van der Waals surface area contributed by atoms with Gasteiger partial charge in [0, 0.05) is 18.8 Å². The molecule has 6 nitrogen and oxygen atoms in total. The Morgan fingerprint density at radius 1 is 1.37 bits per heavy atom. The summed E-state index contributed by atoms with van der Waals surface area (Å²) in [5.74, 6) is -0.168. The van der Waals surface area contributed by atoms with Gasteiger partial charge in [0.25, 0.3) is 11.5 Å². The molecular weight excluding hydrogens is 342 g/mol. The summed E-state index contributed by atoms with van der Waals surface area (Å²) in [5.41, 5.74) is -0.431. The highest BCUT2D eigenvalue weighted by molar-refractivity contribution is 6.01. The van der Waals surface area contributed by atoms with Gasteiger partial charge < -0.3 is 10.4 Å². The second kappa shape index (κ2) is 9.35. The summed E-state index contributed by atoms with van der Waals surface area (Å²) in [6.45, 7) is 10.1. The van der Waals surface area contributed by atoms with Crippen LogP contribution >= 0.6 is 0 Å². The molecule has 0 spiro atoms. The van der Waals surface area contributed by atoms with E-state index in [4.69, 9.17) is 0 Å². The Labute approximate surface area is 159 Å². The number of hydrogen-bond donors (Lipinski definition) is 2. The molecule has 0 atom stereocenters. The number of nitrogens with one attached hydrogen (secondary N) is 1. The van der Waals surface area contributed by atoms with Crippen LogP contribution < -0.4 is 10.9 Å². The van der Waals surface area contributed by atoms with Crippen molar-refractivity contribution in [3.05, 3.63) is 46.9 Å². The van der Waals surface area contributed by atoms with Gasteiger partial charge in [-0.25, -0.2) is 4.98 Å². The van der Waals surface area contributed by atoms with Crippen LogP contribution in [-0.4, -0.2) is 26.6 Å². The number of nitrogens with zero attached hydrogens (tertiary/aromatic N) is 2. The molecule has 1 amide bonds. The maximum absolute atomic E-state index is 12.8. The van der Waals surface area contributed by atoms with Gasteiger partial charge in [0.2, 0.25) is 0 Å². The Balaban J connectivity index is 0.00000126. The van der Waals surface area contributed by atoms with E-state index >= 15 is 0 Å². The standard InChI is InChI=1S/C19H23N3O3.C2H6/c1-3-11-22-17-14(5-4-10-20-17)16(23)15(19(22)25)18(24)21-13-8-6-12(2)7-9-13;1-2/h3-5,10,12-13,23H,1,6-9,11H2,2H3,(H,21,24);1-2H3. The fraction of sp³-hybridized carbons (Fsp3) is 0.476. The van der Waals surface area contributed by atoms with Crippen molar-refractivity contribution in [2.75, 3.05) is 0 Å². The molecule has 2 aromatic heterocycles. The van der Waals surface area contributed by atoms with E-state index in [0.717, 1.165) is 25.7 Å². The molecule has 0 unspecified atom stereocenters. The fourth-order valence-corrected chi connectivity index (χ4v) is 3.43. The average Bonchev–Trinajstić information content (AvgIpc) is 2.68. The summed E-state index contributed by atoms with van der Waals surface area (Å²) in [6, 6.07) is 3.35. The maximum atomic E-state index is 12.8. The number of hydrogen-bond acceptors (Lipinski definition) is 4. The molecule has 1 fully saturated rings. The monoisotopic (exact) mass is 371 g/mol. The van der Waals surface area contributed by atoms with Gasteiger partial charge in [-0.15, -0.1) is 6.58 Å². The van der Waals surface area contributed by atoms with Crippen LogP contribution in [0.15, 0.2) is 35.8 Å². The normalized spacial score (nSPS) is 19.1. The lowest BCUT2D eigenvalue weighted by atomic mass is 9.87. The van der Waals surface area contributed by atoms with Crippen molar-refractivity contribution in [2.24, 2.45) is 5.92 Å². The highest BCUT2D eigenvalue weighted by Crippen LogP contribution is 2.27. The molecule has 3 rings (SSSR count). The minimum absolute atomic E-state index is 0.0416. The van der Waals surface area contributed by atoms with Crippen LogP contribution in [0.1, 0.15) is 56.8 Å². The second-order valence-corrected chi connectivity index (χ2v) is 6.73. The molecule has 2 aromatic rings. The zero-order chi connectivity index (χ0) is 20.0. The van der Waals surface area contributed by atoms with Crippen LogP contribution in [0.2, 0.25) is 0 Å². The zero-order valence-corrected chi connectivity index (χ0v) is 16.4. The van der Waals surface area contributed by atoms with E-state index in [2.05, 4.69) is 23.8 Å². The number of carbonyl (C=O) groups excluding carboxylic acids is 1. The van der Waals surface area contributed by atoms with Gasteiger partial charge in [-0.05, 0) is 43.7 Å². The molecule has 0 bridgehead atoms. The first-order chi connectivity index (χ1) is 13.0. The SMILES string of the molecule is C=CCn1c(=O)c(C(=O)NC2CCC(C)CC2)c(O)c2cccnc21.CC. The Hall–Kier alpha value is -2.63. The molecule has 27 heavy (non-hydrogen) atoms. The number of pyridine rings is 2. The van der Waals surface area contributed by atoms with Crippen LogP contribution in [0.25, 0.3) is 11.0 Å². The number of aromatic nitrogens is 2. The smallest absolute Gasteiger partial charge is 0.269 e. The summed E-state index contributed by atoms with van der Waals surface area (Å²) >= 11 is 0. The molecule has 0 saturated heterocycles. The average molecular weight is 371 g/mol. The maximum Gasteiger partial charge on any atom is 0.269 e. The number of aromatic hydroxyl groups is 1. The zero-order valence-electron chi connectivity index (χ0n) is 16.4. The lowest BCUT2D eigenvalue weighted by molar-refractivity contribution is 0.0918. The van der Waals surface area contributed by atoms with E-state index < -0.39 is 11.5 Å². The molecule has 2 N–H and O–H groups in total. The van der Waals surface area contributed by atoms with Crippen molar-refractivity contribution < 1.29 is 9.90 Å². The van der Waals surface area contributed by atoms with Gasteiger partial charge in [0.1, 0.15) is 17.0 Å². The first-order valence-electron chi connectivity index (χ1n) is 9.65. The number of allylic oxidation sites excluding steroid dienone is 1. The Kier molecular flexibility index (Phi) is 7.16. The van der Waals surface area contributed by atoms with Crippen LogP contribution in [0, 0.1) is 5.92 Å². The first-order valence-corrected chi connectivity index (χ1v) is 9.65. The largest absolute Gasteiger partial charge is 0.506 e. The summed E-state index contributed by atoms with van der Waals surface area (Å²) in [7, 11) is 0. The Bertz CT molecular complexity index is 865. The lowest BCUT2D eigenvalue weighted by Crippen LogP contribution is -2.40. The van der Waals surface area contributed by atoms with Gasteiger partial charge in [-0.1, -0.05) is 26.8 Å². The van der Waals surface area contributed by atoms with E-state index in [1.54, 1.807) is 24.4 Å². The fourth-order valence-electron chi connectivity index (χ4n) is 3.43. The molecule has 1 aliphatic carbocycles. The molecule has 6 heteroatoms. The van der Waals surface area contributed by atoms with E-state index in [9.17, 15) is 14.7 Å². The lowest BCUT2D eigenvalue weighted by Gasteiger charge is -2.27. The van der Waals surface area contributed by atoms with Crippen LogP contribution in [0.5, 0.6) is 5.75 Å². The molecule has 0 aromatic carbocycles. The van der Waals surface area contributed by atoms with Crippen LogP contribution in [-0.2, 0) is 6.54 Å². The van der Waals surface area contributed by atoms with E-state index in [1.807, 2.05) is 13.8 Å². The van der Waals surface area contributed by atoms with Gasteiger partial charge in [-0.3, -0.25) is 14.2 Å². The summed E-state index contributed by atoms with van der Waals surface area (Å²) in [6.07, 6.45) is 7.01. The highest BCUT2D eigenvalue weighted by Gasteiger charge is 2.26. The van der Waals surface area contributed by atoms with Gasteiger partial charge in [0.05, 0.1) is 5.39 Å². The van der Waals surface area contributed by atoms with Crippen LogP contribution in [0.4, 0.5) is 0 Å². The molecule has 2 heterocycles. The first kappa shape index (κ1) is 20.7. The van der Waals surface area contributed by atoms with Crippen molar-refractivity contribution >= 4 is 16.9 Å². The van der Waals surface area contributed by atoms with Gasteiger partial charge in [-0.2, -0.15) is 0 Å². The molecular formula is C21H29N3O3. The van der Waals surface area contributed by atoms with E-state index in [1.165, 1.54) is 4.57 Å². The molecule has 0 radical (unpaired) electrons. The molecule has 1 saturated carbocycles. The Morgan fingerprint density at radius 2 is 2.04 bits per heavy atom. The van der Waals surface area contributed by atoms with Crippen molar-refractivity contribution in [3.63, 3.8) is 0 Å². The van der Waals surface area contributed by atoms with Crippen molar-refractivity contribution in [1.82, 2.24) is 14.9 Å². The minimum atomic E-state index is -0.551. The highest BCUT2D eigenvalue weighted by atomic mass is 16.3. The predicted octanol–water partition coefficient (Wildman–Crippen LogP) is 3.62. The summed E-state index contributed by atoms with van der Waals surface area (Å²) in [5, 5.41) is 13.8. The third-order valence-electron chi connectivity index (χ3n) is 4.88. The summed E-state index contributed by atoms with van der Waals surface area (Å²) in [4.78, 5) is 29.7. The molecule has 146 valence electrons. The number of rotatable bonds is 4. The minimum Gasteiger partial charge on any atom is -0.506 e. The topological polar surface area (TPSA) is 84.2 Å². The third kappa shape index (κ3) is 4.38.